The van der Waals surface area contributed by atoms with Crippen LogP contribution in [-0.2, 0) is 17.6 Å². The van der Waals surface area contributed by atoms with Gasteiger partial charge in [-0.15, -0.1) is 0 Å². The van der Waals surface area contributed by atoms with E-state index >= 15 is 0 Å². The summed E-state index contributed by atoms with van der Waals surface area (Å²) >= 11 is 0. The van der Waals surface area contributed by atoms with Gasteiger partial charge in [-0.1, -0.05) is 25.3 Å². The van der Waals surface area contributed by atoms with Gasteiger partial charge in [-0.3, -0.25) is 9.69 Å². The monoisotopic (exact) mass is 593 g/mol. The number of methoxy groups -OCH3 is 1. The van der Waals surface area contributed by atoms with E-state index in [1.165, 1.54) is 36.8 Å². The van der Waals surface area contributed by atoms with E-state index in [2.05, 4.69) is 37.2 Å². The Labute approximate surface area is 259 Å². The van der Waals surface area contributed by atoms with E-state index in [-0.39, 0.29) is 17.9 Å². The molecule has 1 saturated heterocycles. The van der Waals surface area contributed by atoms with Crippen molar-refractivity contribution in [2.75, 3.05) is 40.8 Å². The predicted molar refractivity (Wildman–Crippen MR) is 169 cm³/mol. The Morgan fingerprint density at radius 3 is 2.33 bits per heavy atom. The summed E-state index contributed by atoms with van der Waals surface area (Å²) in [6, 6.07) is 6.44. The summed E-state index contributed by atoms with van der Waals surface area (Å²) in [6.45, 7) is 2.41. The van der Waals surface area contributed by atoms with Crippen LogP contribution < -0.4 is 4.74 Å². The number of aryl methyl sites for hydroxylation is 1. The van der Waals surface area contributed by atoms with Gasteiger partial charge in [0.15, 0.2) is 0 Å². The van der Waals surface area contributed by atoms with Gasteiger partial charge < -0.3 is 19.6 Å². The maximum absolute atomic E-state index is 14.0. The van der Waals surface area contributed by atoms with E-state index in [1.54, 1.807) is 12.0 Å². The highest BCUT2D eigenvalue weighted by Gasteiger charge is 2.61. The van der Waals surface area contributed by atoms with Crippen LogP contribution in [0.1, 0.15) is 101 Å². The van der Waals surface area contributed by atoms with Crippen molar-refractivity contribution < 1.29 is 19.4 Å². The second kappa shape index (κ2) is 12.7. The van der Waals surface area contributed by atoms with Crippen LogP contribution >= 0.6 is 0 Å². The molecule has 2 unspecified atom stereocenters. The van der Waals surface area contributed by atoms with E-state index in [9.17, 15) is 14.7 Å². The molecule has 3 saturated carbocycles. The van der Waals surface area contributed by atoms with Gasteiger partial charge in [0.1, 0.15) is 11.3 Å². The zero-order chi connectivity index (χ0) is 30.2. The van der Waals surface area contributed by atoms with Crippen LogP contribution in [0.15, 0.2) is 18.2 Å². The van der Waals surface area contributed by atoms with Crippen LogP contribution in [0.2, 0.25) is 0 Å². The Morgan fingerprint density at radius 2 is 1.65 bits per heavy atom. The number of rotatable bonds is 11. The molecule has 0 bridgehead atoms. The molecule has 4 aliphatic carbocycles. The molecule has 3 amide bonds. The molecule has 43 heavy (non-hydrogen) atoms. The summed E-state index contributed by atoms with van der Waals surface area (Å²) in [7, 11) is 6.02. The molecule has 1 N–H and O–H groups in total. The SMILES string of the molecule is COc1ccc2c(c1)CCCC(CCCCN(C)C)CC(C1(O)CCC3(CC1)C(=O)N(CC1CC1)C(=O)N3CC1CC1)C2. The van der Waals surface area contributed by atoms with Crippen LogP contribution in [0.5, 0.6) is 5.75 Å². The maximum atomic E-state index is 14.0. The first kappa shape index (κ1) is 30.9. The van der Waals surface area contributed by atoms with Crippen molar-refractivity contribution in [1.29, 1.82) is 0 Å². The third-order valence-electron chi connectivity index (χ3n) is 11.6. The lowest BCUT2D eigenvalue weighted by Gasteiger charge is -2.48. The first-order valence-corrected chi connectivity index (χ1v) is 17.4. The first-order chi connectivity index (χ1) is 20.7. The van der Waals surface area contributed by atoms with Crippen LogP contribution in [0, 0.1) is 23.7 Å². The van der Waals surface area contributed by atoms with Crippen molar-refractivity contribution in [2.24, 2.45) is 23.7 Å². The highest BCUT2D eigenvalue weighted by Crippen LogP contribution is 2.50. The molecule has 1 heterocycles. The molecular formula is C36H55N3O4. The van der Waals surface area contributed by atoms with Crippen molar-refractivity contribution in [3.63, 3.8) is 0 Å². The number of carbonyl (C=O) groups is 2. The Bertz CT molecular complexity index is 1150. The maximum Gasteiger partial charge on any atom is 0.327 e. The van der Waals surface area contributed by atoms with Crippen molar-refractivity contribution in [3.8, 4) is 5.75 Å². The fraction of sp³-hybridized carbons (Fsp3) is 0.778. The lowest BCUT2D eigenvalue weighted by molar-refractivity contribution is -0.141. The number of hydrogen-bond donors (Lipinski definition) is 1. The number of carbonyl (C=O) groups excluding carboxylic acids is 2. The second-order valence-electron chi connectivity index (χ2n) is 15.2. The van der Waals surface area contributed by atoms with Crippen LogP contribution in [0.3, 0.4) is 0 Å². The summed E-state index contributed by atoms with van der Waals surface area (Å²) in [6.07, 6.45) is 15.9. The fourth-order valence-electron chi connectivity index (χ4n) is 8.45. The lowest BCUT2D eigenvalue weighted by Crippen LogP contribution is -2.57. The molecule has 5 aliphatic rings. The molecule has 2 atom stereocenters. The number of amides is 3. The van der Waals surface area contributed by atoms with Crippen molar-refractivity contribution in [2.45, 2.75) is 114 Å². The number of hydrogen-bond acceptors (Lipinski definition) is 5. The molecule has 0 aromatic heterocycles. The molecule has 7 nitrogen and oxygen atoms in total. The summed E-state index contributed by atoms with van der Waals surface area (Å²) in [5, 5.41) is 12.5. The Hall–Kier alpha value is -2.12. The number of nitrogens with zero attached hydrogens (tertiary/aromatic N) is 3. The fourth-order valence-corrected chi connectivity index (χ4v) is 8.45. The molecular weight excluding hydrogens is 538 g/mol. The smallest absolute Gasteiger partial charge is 0.327 e. The van der Waals surface area contributed by atoms with Crippen LogP contribution in [-0.4, -0.2) is 83.7 Å². The molecule has 7 heteroatoms. The largest absolute Gasteiger partial charge is 0.497 e. The number of unbranched alkanes of at least 4 members (excludes halogenated alkanes) is 1. The minimum absolute atomic E-state index is 0.0257. The Morgan fingerprint density at radius 1 is 0.930 bits per heavy atom. The van der Waals surface area contributed by atoms with E-state index in [0.717, 1.165) is 63.7 Å². The molecule has 6 rings (SSSR count). The van der Waals surface area contributed by atoms with Gasteiger partial charge in [0.2, 0.25) is 0 Å². The number of benzene rings is 1. The Kier molecular flexibility index (Phi) is 9.13. The molecule has 4 fully saturated rings. The number of urea groups is 1. The number of imide groups is 1. The topological polar surface area (TPSA) is 73.3 Å². The van der Waals surface area contributed by atoms with Crippen molar-refractivity contribution >= 4 is 11.9 Å². The van der Waals surface area contributed by atoms with E-state index in [0.29, 0.717) is 56.5 Å². The van der Waals surface area contributed by atoms with Gasteiger partial charge in [0.25, 0.3) is 5.91 Å². The lowest BCUT2D eigenvalue weighted by atomic mass is 9.65. The summed E-state index contributed by atoms with van der Waals surface area (Å²) in [5.74, 6) is 2.69. The minimum atomic E-state index is -0.826. The van der Waals surface area contributed by atoms with Gasteiger partial charge in [-0.25, -0.2) is 4.79 Å². The highest BCUT2D eigenvalue weighted by molar-refractivity contribution is 6.07. The molecule has 1 aromatic carbocycles. The van der Waals surface area contributed by atoms with Crippen molar-refractivity contribution in [3.05, 3.63) is 29.3 Å². The zero-order valence-corrected chi connectivity index (χ0v) is 27.0. The minimum Gasteiger partial charge on any atom is -0.497 e. The van der Waals surface area contributed by atoms with Gasteiger partial charge >= 0.3 is 6.03 Å². The Balaban J connectivity index is 1.22. The van der Waals surface area contributed by atoms with Crippen LogP contribution in [0.25, 0.3) is 0 Å². The van der Waals surface area contributed by atoms with Gasteiger partial charge in [0.05, 0.1) is 12.7 Å². The first-order valence-electron chi connectivity index (χ1n) is 17.4. The van der Waals surface area contributed by atoms with Gasteiger partial charge in [-0.05, 0) is 151 Å². The average molecular weight is 594 g/mol. The standard InChI is InChI=1S/C36H55N3O4/c1-37(2)20-5-4-7-26-8-6-9-29-23-32(43-3)15-14-30(29)22-31(21-26)36(42)18-16-35(17-19-36)33(40)38(24-27-10-11-27)34(41)39(35)25-28-12-13-28/h14-15,23,26-28,31,42H,4-13,16-22,24-25H2,1-3H3. The average Bonchev–Trinajstić information content (AvgIpc) is 3.93. The number of aliphatic hydroxyl groups is 1. The summed E-state index contributed by atoms with van der Waals surface area (Å²) in [4.78, 5) is 33.5. The van der Waals surface area contributed by atoms with Gasteiger partial charge in [-0.2, -0.15) is 0 Å². The van der Waals surface area contributed by atoms with Crippen molar-refractivity contribution in [1.82, 2.24) is 14.7 Å². The zero-order valence-electron chi connectivity index (χ0n) is 27.0. The molecule has 1 aliphatic heterocycles. The third kappa shape index (κ3) is 6.78. The predicted octanol–water partition coefficient (Wildman–Crippen LogP) is 6.06. The normalized spacial score (nSPS) is 31.7. The van der Waals surface area contributed by atoms with Gasteiger partial charge in [0, 0.05) is 13.1 Å². The molecule has 1 aromatic rings. The second-order valence-corrected chi connectivity index (χ2v) is 15.2. The molecule has 1 spiro atoms. The van der Waals surface area contributed by atoms with Crippen LogP contribution in [0.4, 0.5) is 4.79 Å². The quantitative estimate of drug-likeness (QED) is 0.250. The summed E-state index contributed by atoms with van der Waals surface area (Å²) < 4.78 is 5.58. The summed E-state index contributed by atoms with van der Waals surface area (Å²) in [5.41, 5.74) is 1.12. The number of ether oxygens (including phenoxy) is 1. The highest BCUT2D eigenvalue weighted by atomic mass is 16.5. The number of fused-ring (bicyclic) bond motifs is 1. The van der Waals surface area contributed by atoms with E-state index in [1.807, 2.05) is 4.90 Å². The molecule has 238 valence electrons. The third-order valence-corrected chi connectivity index (χ3v) is 11.6. The van der Waals surface area contributed by atoms with E-state index in [4.69, 9.17) is 4.74 Å². The van der Waals surface area contributed by atoms with E-state index < -0.39 is 11.1 Å². The molecule has 0 radical (unpaired) electrons.